The molecular weight excluding hydrogens is 308 g/mol. The van der Waals surface area contributed by atoms with Gasteiger partial charge >= 0.3 is 0 Å². The van der Waals surface area contributed by atoms with Crippen LogP contribution < -0.4 is 10.6 Å². The molecule has 0 fully saturated rings. The number of anilines is 2. The van der Waals surface area contributed by atoms with Gasteiger partial charge in [-0.1, -0.05) is 66.2 Å². The fourth-order valence-corrected chi connectivity index (χ4v) is 2.74. The van der Waals surface area contributed by atoms with Gasteiger partial charge in [-0.3, -0.25) is 0 Å². The second-order valence-electron chi connectivity index (χ2n) is 6.34. The van der Waals surface area contributed by atoms with E-state index in [0.717, 1.165) is 16.9 Å². The minimum atomic E-state index is -1.03. The smallest absolute Gasteiger partial charge is 0.124 e. The van der Waals surface area contributed by atoms with Gasteiger partial charge in [0.2, 0.25) is 0 Å². The van der Waals surface area contributed by atoms with Crippen LogP contribution in [0, 0.1) is 6.92 Å². The molecule has 0 radical (unpaired) electrons. The van der Waals surface area contributed by atoms with Gasteiger partial charge in [0, 0.05) is 24.5 Å². The number of hydrogen-bond acceptors (Lipinski definition) is 3. The lowest BCUT2D eigenvalue weighted by Gasteiger charge is -2.30. The lowest BCUT2D eigenvalue weighted by Crippen LogP contribution is -2.41. The van der Waals surface area contributed by atoms with E-state index in [9.17, 15) is 5.11 Å². The van der Waals surface area contributed by atoms with E-state index >= 15 is 0 Å². The van der Waals surface area contributed by atoms with Crippen LogP contribution in [0.15, 0.2) is 84.9 Å². The molecular formula is C22H24N2O. The van der Waals surface area contributed by atoms with Crippen LogP contribution in [0.5, 0.6) is 0 Å². The maximum absolute atomic E-state index is 11.4. The lowest BCUT2D eigenvalue weighted by molar-refractivity contribution is 0.0646. The average molecular weight is 332 g/mol. The Labute approximate surface area is 149 Å². The van der Waals surface area contributed by atoms with Crippen molar-refractivity contribution >= 4 is 11.4 Å². The van der Waals surface area contributed by atoms with Crippen molar-refractivity contribution in [3.8, 4) is 0 Å². The van der Waals surface area contributed by atoms with Gasteiger partial charge in [0.25, 0.3) is 0 Å². The molecule has 3 heteroatoms. The fourth-order valence-electron chi connectivity index (χ4n) is 2.74. The van der Waals surface area contributed by atoms with Gasteiger partial charge in [0.05, 0.1) is 0 Å². The highest BCUT2D eigenvalue weighted by Crippen LogP contribution is 2.24. The average Bonchev–Trinajstić information content (AvgIpc) is 2.67. The SMILES string of the molecule is Cc1ccc(C(O)(CNc2ccccc2)CNc2ccccc2)cc1. The fraction of sp³-hybridized carbons (Fsp3) is 0.182. The van der Waals surface area contributed by atoms with Crippen LogP contribution in [0.1, 0.15) is 11.1 Å². The highest BCUT2D eigenvalue weighted by atomic mass is 16.3. The Balaban J connectivity index is 1.78. The molecule has 3 nitrogen and oxygen atoms in total. The molecule has 3 rings (SSSR count). The van der Waals surface area contributed by atoms with Gasteiger partial charge in [-0.2, -0.15) is 0 Å². The molecule has 0 aliphatic carbocycles. The standard InChI is InChI=1S/C22H24N2O/c1-18-12-14-19(15-13-18)22(25,16-23-20-8-4-2-5-9-20)17-24-21-10-6-3-7-11-21/h2-15,23-25H,16-17H2,1H3. The summed E-state index contributed by atoms with van der Waals surface area (Å²) in [5.41, 5.74) is 3.03. The summed E-state index contributed by atoms with van der Waals surface area (Å²) in [5.74, 6) is 0. The van der Waals surface area contributed by atoms with Crippen molar-refractivity contribution in [3.63, 3.8) is 0 Å². The van der Waals surface area contributed by atoms with Crippen LogP contribution in [0.2, 0.25) is 0 Å². The van der Waals surface area contributed by atoms with Gasteiger partial charge < -0.3 is 15.7 Å². The molecule has 0 saturated carbocycles. The Hall–Kier alpha value is -2.78. The molecule has 0 aromatic heterocycles. The molecule has 0 heterocycles. The summed E-state index contributed by atoms with van der Waals surface area (Å²) in [7, 11) is 0. The number of nitrogens with one attached hydrogen (secondary N) is 2. The van der Waals surface area contributed by atoms with Crippen molar-refractivity contribution in [2.24, 2.45) is 0 Å². The molecule has 0 saturated heterocycles. The molecule has 3 aromatic carbocycles. The van der Waals surface area contributed by atoms with Crippen molar-refractivity contribution in [2.45, 2.75) is 12.5 Å². The largest absolute Gasteiger partial charge is 0.382 e. The van der Waals surface area contributed by atoms with Crippen molar-refractivity contribution in [2.75, 3.05) is 23.7 Å². The number of aryl methyl sites for hydroxylation is 1. The Morgan fingerprint density at radius 2 is 1.12 bits per heavy atom. The van der Waals surface area contributed by atoms with E-state index in [1.165, 1.54) is 5.56 Å². The third kappa shape index (κ3) is 4.61. The van der Waals surface area contributed by atoms with Crippen LogP contribution in [0.3, 0.4) is 0 Å². The second kappa shape index (κ2) is 7.86. The molecule has 128 valence electrons. The molecule has 3 aromatic rings. The second-order valence-corrected chi connectivity index (χ2v) is 6.34. The summed E-state index contributed by atoms with van der Waals surface area (Å²) < 4.78 is 0. The summed E-state index contributed by atoms with van der Waals surface area (Å²) in [6.07, 6.45) is 0. The van der Waals surface area contributed by atoms with E-state index in [1.807, 2.05) is 91.9 Å². The first-order valence-electron chi connectivity index (χ1n) is 8.53. The molecule has 0 aliphatic rings. The predicted molar refractivity (Wildman–Crippen MR) is 105 cm³/mol. The Bertz CT molecular complexity index is 727. The zero-order valence-corrected chi connectivity index (χ0v) is 14.4. The van der Waals surface area contributed by atoms with Crippen LogP contribution >= 0.6 is 0 Å². The number of benzene rings is 3. The van der Waals surface area contributed by atoms with Gasteiger partial charge in [0.15, 0.2) is 0 Å². The topological polar surface area (TPSA) is 44.3 Å². The van der Waals surface area contributed by atoms with E-state index in [1.54, 1.807) is 0 Å². The van der Waals surface area contributed by atoms with Crippen LogP contribution in [0.4, 0.5) is 11.4 Å². The molecule has 3 N–H and O–H groups in total. The molecule has 0 unspecified atom stereocenters. The highest BCUT2D eigenvalue weighted by Gasteiger charge is 2.29. The van der Waals surface area contributed by atoms with Crippen molar-refractivity contribution < 1.29 is 5.11 Å². The molecule has 0 amide bonds. The summed E-state index contributed by atoms with van der Waals surface area (Å²) in [6.45, 7) is 2.88. The van der Waals surface area contributed by atoms with Crippen LogP contribution in [0.25, 0.3) is 0 Å². The maximum atomic E-state index is 11.4. The van der Waals surface area contributed by atoms with Gasteiger partial charge in [-0.05, 0) is 36.8 Å². The summed E-state index contributed by atoms with van der Waals surface area (Å²) in [6, 6.07) is 27.9. The molecule has 0 aliphatic heterocycles. The van der Waals surface area contributed by atoms with E-state index in [2.05, 4.69) is 10.6 Å². The Kier molecular flexibility index (Phi) is 5.36. The van der Waals surface area contributed by atoms with Gasteiger partial charge in [-0.25, -0.2) is 0 Å². The molecule has 0 bridgehead atoms. The minimum Gasteiger partial charge on any atom is -0.382 e. The van der Waals surface area contributed by atoms with E-state index in [4.69, 9.17) is 0 Å². The predicted octanol–water partition coefficient (Wildman–Crippen LogP) is 4.41. The summed E-state index contributed by atoms with van der Waals surface area (Å²) >= 11 is 0. The van der Waals surface area contributed by atoms with Crippen LogP contribution in [-0.4, -0.2) is 18.2 Å². The highest BCUT2D eigenvalue weighted by molar-refractivity contribution is 5.46. The molecule has 25 heavy (non-hydrogen) atoms. The first-order valence-corrected chi connectivity index (χ1v) is 8.53. The molecule has 0 atom stereocenters. The number of hydrogen-bond donors (Lipinski definition) is 3. The third-order valence-electron chi connectivity index (χ3n) is 4.31. The Morgan fingerprint density at radius 1 is 0.680 bits per heavy atom. The third-order valence-corrected chi connectivity index (χ3v) is 4.31. The zero-order valence-electron chi connectivity index (χ0n) is 14.4. The van der Waals surface area contributed by atoms with E-state index < -0.39 is 5.60 Å². The number of rotatable bonds is 7. The first-order chi connectivity index (χ1) is 12.2. The monoisotopic (exact) mass is 332 g/mol. The van der Waals surface area contributed by atoms with E-state index in [-0.39, 0.29) is 0 Å². The first kappa shape index (κ1) is 17.1. The van der Waals surface area contributed by atoms with Crippen molar-refractivity contribution in [3.05, 3.63) is 96.1 Å². The number of aliphatic hydroxyl groups is 1. The van der Waals surface area contributed by atoms with Crippen molar-refractivity contribution in [1.29, 1.82) is 0 Å². The Morgan fingerprint density at radius 3 is 1.56 bits per heavy atom. The van der Waals surface area contributed by atoms with Crippen LogP contribution in [-0.2, 0) is 5.60 Å². The maximum Gasteiger partial charge on any atom is 0.124 e. The lowest BCUT2D eigenvalue weighted by atomic mass is 9.92. The summed E-state index contributed by atoms with van der Waals surface area (Å²) in [4.78, 5) is 0. The summed E-state index contributed by atoms with van der Waals surface area (Å²) in [5, 5.41) is 18.1. The zero-order chi connectivity index (χ0) is 17.5. The minimum absolute atomic E-state index is 0.417. The van der Waals surface area contributed by atoms with Gasteiger partial charge in [-0.15, -0.1) is 0 Å². The van der Waals surface area contributed by atoms with Gasteiger partial charge in [0.1, 0.15) is 5.60 Å². The van der Waals surface area contributed by atoms with Crippen molar-refractivity contribution in [1.82, 2.24) is 0 Å². The quantitative estimate of drug-likeness (QED) is 0.600. The number of para-hydroxylation sites is 2. The van der Waals surface area contributed by atoms with E-state index in [0.29, 0.717) is 13.1 Å². The molecule has 0 spiro atoms. The normalized spacial score (nSPS) is 11.1.